The number of hydrogen-bond donors (Lipinski definition) is 1. The molecule has 15 heavy (non-hydrogen) atoms. The van der Waals surface area contributed by atoms with Crippen molar-refractivity contribution in [2.45, 2.75) is 13.3 Å². The summed E-state index contributed by atoms with van der Waals surface area (Å²) in [6.45, 7) is 2.87. The van der Waals surface area contributed by atoms with E-state index in [0.717, 1.165) is 24.1 Å². The van der Waals surface area contributed by atoms with Crippen molar-refractivity contribution in [2.24, 2.45) is 0 Å². The van der Waals surface area contributed by atoms with Crippen LogP contribution in [-0.2, 0) is 11.2 Å². The van der Waals surface area contributed by atoms with Crippen LogP contribution < -0.4 is 5.32 Å². The lowest BCUT2D eigenvalue weighted by Gasteiger charge is -2.08. The molecule has 0 fully saturated rings. The number of aryl methyl sites for hydroxylation is 1. The molecule has 1 rings (SSSR count). The van der Waals surface area contributed by atoms with Crippen LogP contribution in [0.2, 0.25) is 0 Å². The second kappa shape index (κ2) is 5.51. The highest BCUT2D eigenvalue weighted by molar-refractivity contribution is 5.91. The van der Waals surface area contributed by atoms with Gasteiger partial charge in [-0.1, -0.05) is 17.7 Å². The largest absolute Gasteiger partial charge is 0.465 e. The lowest BCUT2D eigenvalue weighted by molar-refractivity contribution is 0.0599. The van der Waals surface area contributed by atoms with E-state index in [2.05, 4.69) is 5.32 Å². The molecule has 0 aliphatic rings. The number of nitrogens with one attached hydrogen (secondary N) is 1. The molecule has 3 heteroatoms. The van der Waals surface area contributed by atoms with Crippen LogP contribution in [0.4, 0.5) is 0 Å². The minimum Gasteiger partial charge on any atom is -0.465 e. The normalized spacial score (nSPS) is 10.1. The molecule has 1 aromatic rings. The first-order chi connectivity index (χ1) is 7.19. The quantitative estimate of drug-likeness (QED) is 0.761. The van der Waals surface area contributed by atoms with E-state index in [4.69, 9.17) is 4.74 Å². The highest BCUT2D eigenvalue weighted by atomic mass is 16.5. The van der Waals surface area contributed by atoms with Crippen molar-refractivity contribution in [1.29, 1.82) is 0 Å². The molecule has 0 atom stereocenters. The highest BCUT2D eigenvalue weighted by Crippen LogP contribution is 2.13. The van der Waals surface area contributed by atoms with Gasteiger partial charge in [-0.3, -0.25) is 0 Å². The van der Waals surface area contributed by atoms with Gasteiger partial charge in [0.25, 0.3) is 0 Å². The fourth-order valence-corrected chi connectivity index (χ4v) is 1.50. The smallest absolute Gasteiger partial charge is 0.338 e. The molecule has 82 valence electrons. The van der Waals surface area contributed by atoms with Gasteiger partial charge in [0.15, 0.2) is 0 Å². The van der Waals surface area contributed by atoms with E-state index in [1.54, 1.807) is 0 Å². The lowest BCUT2D eigenvalue weighted by atomic mass is 10.0. The Morgan fingerprint density at radius 1 is 1.47 bits per heavy atom. The van der Waals surface area contributed by atoms with E-state index < -0.39 is 0 Å². The predicted octanol–water partition coefficient (Wildman–Crippen LogP) is 1.54. The van der Waals surface area contributed by atoms with Crippen molar-refractivity contribution in [1.82, 2.24) is 5.32 Å². The lowest BCUT2D eigenvalue weighted by Crippen LogP contribution is -2.13. The van der Waals surface area contributed by atoms with Crippen LogP contribution in [0, 0.1) is 6.92 Å². The zero-order chi connectivity index (χ0) is 11.3. The van der Waals surface area contributed by atoms with Crippen LogP contribution in [0.15, 0.2) is 18.2 Å². The number of methoxy groups -OCH3 is 1. The molecule has 0 bridgehead atoms. The number of carbonyl (C=O) groups excluding carboxylic acids is 1. The van der Waals surface area contributed by atoms with E-state index >= 15 is 0 Å². The van der Waals surface area contributed by atoms with E-state index in [-0.39, 0.29) is 5.97 Å². The van der Waals surface area contributed by atoms with Gasteiger partial charge in [0, 0.05) is 0 Å². The molecule has 0 aliphatic carbocycles. The van der Waals surface area contributed by atoms with Gasteiger partial charge < -0.3 is 10.1 Å². The maximum Gasteiger partial charge on any atom is 0.338 e. The van der Waals surface area contributed by atoms with Crippen molar-refractivity contribution in [2.75, 3.05) is 20.7 Å². The number of carbonyl (C=O) groups is 1. The first-order valence-corrected chi connectivity index (χ1v) is 5.01. The van der Waals surface area contributed by atoms with Crippen LogP contribution >= 0.6 is 0 Å². The summed E-state index contributed by atoms with van der Waals surface area (Å²) in [5, 5.41) is 3.07. The van der Waals surface area contributed by atoms with Gasteiger partial charge in [0.1, 0.15) is 0 Å². The summed E-state index contributed by atoms with van der Waals surface area (Å²) in [6, 6.07) is 5.78. The Labute approximate surface area is 90.4 Å². The number of ether oxygens (including phenoxy) is 1. The summed E-state index contributed by atoms with van der Waals surface area (Å²) in [6.07, 6.45) is 0.836. The maximum atomic E-state index is 11.5. The van der Waals surface area contributed by atoms with Gasteiger partial charge in [-0.2, -0.15) is 0 Å². The van der Waals surface area contributed by atoms with Crippen LogP contribution in [0.1, 0.15) is 21.5 Å². The average molecular weight is 207 g/mol. The number of benzene rings is 1. The third-order valence-electron chi connectivity index (χ3n) is 2.31. The van der Waals surface area contributed by atoms with E-state index in [1.165, 1.54) is 7.11 Å². The molecule has 0 radical (unpaired) electrons. The fourth-order valence-electron chi connectivity index (χ4n) is 1.50. The van der Waals surface area contributed by atoms with Crippen molar-refractivity contribution < 1.29 is 9.53 Å². The van der Waals surface area contributed by atoms with Crippen molar-refractivity contribution in [3.05, 3.63) is 34.9 Å². The molecular weight excluding hydrogens is 190 g/mol. The number of esters is 1. The van der Waals surface area contributed by atoms with Gasteiger partial charge >= 0.3 is 5.97 Å². The molecule has 0 amide bonds. The molecule has 1 N–H and O–H groups in total. The van der Waals surface area contributed by atoms with Crippen LogP contribution in [0.25, 0.3) is 0 Å². The Kier molecular flexibility index (Phi) is 4.31. The minimum atomic E-state index is -0.263. The molecule has 3 nitrogen and oxygen atoms in total. The average Bonchev–Trinajstić information content (AvgIpc) is 2.25. The Balaban J connectivity index is 2.97. The number of hydrogen-bond acceptors (Lipinski definition) is 3. The summed E-state index contributed by atoms with van der Waals surface area (Å²) in [4.78, 5) is 11.5. The predicted molar refractivity (Wildman–Crippen MR) is 60.1 cm³/mol. The molecule has 0 aliphatic heterocycles. The summed E-state index contributed by atoms with van der Waals surface area (Å²) in [7, 11) is 3.30. The summed E-state index contributed by atoms with van der Waals surface area (Å²) >= 11 is 0. The Morgan fingerprint density at radius 3 is 2.80 bits per heavy atom. The zero-order valence-electron chi connectivity index (χ0n) is 9.46. The molecule has 0 unspecified atom stereocenters. The van der Waals surface area contributed by atoms with E-state index in [0.29, 0.717) is 5.56 Å². The second-order valence-electron chi connectivity index (χ2n) is 3.51. The van der Waals surface area contributed by atoms with Crippen molar-refractivity contribution >= 4 is 5.97 Å². The topological polar surface area (TPSA) is 38.3 Å². The summed E-state index contributed by atoms with van der Waals surface area (Å²) < 4.78 is 4.74. The molecule has 1 aromatic carbocycles. The summed E-state index contributed by atoms with van der Waals surface area (Å²) in [5.41, 5.74) is 2.86. The first-order valence-electron chi connectivity index (χ1n) is 5.01. The minimum absolute atomic E-state index is 0.263. The standard InChI is InChI=1S/C12H17NO2/c1-9-4-5-11(12(14)15-3)10(8-9)6-7-13-2/h4-5,8,13H,6-7H2,1-3H3. The monoisotopic (exact) mass is 207 g/mol. The van der Waals surface area contributed by atoms with Gasteiger partial charge in [-0.25, -0.2) is 4.79 Å². The van der Waals surface area contributed by atoms with Crippen LogP contribution in [-0.4, -0.2) is 26.7 Å². The van der Waals surface area contributed by atoms with Gasteiger partial charge in [-0.05, 0) is 38.6 Å². The highest BCUT2D eigenvalue weighted by Gasteiger charge is 2.10. The summed E-state index contributed by atoms with van der Waals surface area (Å²) in [5.74, 6) is -0.263. The van der Waals surface area contributed by atoms with Crippen molar-refractivity contribution in [3.63, 3.8) is 0 Å². The van der Waals surface area contributed by atoms with Crippen molar-refractivity contribution in [3.8, 4) is 0 Å². The van der Waals surface area contributed by atoms with Gasteiger partial charge in [0.05, 0.1) is 12.7 Å². The molecule has 0 aromatic heterocycles. The van der Waals surface area contributed by atoms with E-state index in [1.807, 2.05) is 32.2 Å². The number of likely N-dealkylation sites (N-methyl/N-ethyl adjacent to an activating group) is 1. The van der Waals surface area contributed by atoms with Gasteiger partial charge in [-0.15, -0.1) is 0 Å². The first kappa shape index (κ1) is 11.7. The van der Waals surface area contributed by atoms with Crippen LogP contribution in [0.3, 0.4) is 0 Å². The fraction of sp³-hybridized carbons (Fsp3) is 0.417. The van der Waals surface area contributed by atoms with Crippen LogP contribution in [0.5, 0.6) is 0 Å². The third kappa shape index (κ3) is 3.06. The Bertz CT molecular complexity index is 347. The SMILES string of the molecule is CNCCc1cc(C)ccc1C(=O)OC. The third-order valence-corrected chi connectivity index (χ3v) is 2.31. The second-order valence-corrected chi connectivity index (χ2v) is 3.51. The zero-order valence-corrected chi connectivity index (χ0v) is 9.46. The number of rotatable bonds is 4. The molecule has 0 saturated heterocycles. The maximum absolute atomic E-state index is 11.5. The molecule has 0 saturated carbocycles. The van der Waals surface area contributed by atoms with E-state index in [9.17, 15) is 4.79 Å². The molecular formula is C12H17NO2. The van der Waals surface area contributed by atoms with Gasteiger partial charge in [0.2, 0.25) is 0 Å². The molecule has 0 spiro atoms. The Hall–Kier alpha value is -1.35. The Morgan fingerprint density at radius 2 is 2.20 bits per heavy atom. The molecule has 0 heterocycles.